The first-order chi connectivity index (χ1) is 13.1. The summed E-state index contributed by atoms with van der Waals surface area (Å²) >= 11 is 0. The topological polar surface area (TPSA) is 134 Å². The molecule has 0 spiro atoms. The monoisotopic (exact) mass is 396 g/mol. The Morgan fingerprint density at radius 3 is 2.18 bits per heavy atom. The van der Waals surface area contributed by atoms with E-state index >= 15 is 0 Å². The van der Waals surface area contributed by atoms with Crippen LogP contribution >= 0.6 is 0 Å². The van der Waals surface area contributed by atoms with Crippen LogP contribution in [-0.2, 0) is 14.4 Å². The van der Waals surface area contributed by atoms with Crippen molar-refractivity contribution in [2.75, 3.05) is 39.8 Å². The van der Waals surface area contributed by atoms with E-state index < -0.39 is 17.5 Å². The third-order valence-corrected chi connectivity index (χ3v) is 6.10. The van der Waals surface area contributed by atoms with Crippen molar-refractivity contribution < 1.29 is 14.4 Å². The average Bonchev–Trinajstić information content (AvgIpc) is 2.66. The predicted octanol–water partition coefficient (Wildman–Crippen LogP) is -1.38. The Bertz CT molecular complexity index is 566. The van der Waals surface area contributed by atoms with Crippen molar-refractivity contribution >= 4 is 17.7 Å². The molecule has 2 heterocycles. The molecule has 9 heteroatoms. The van der Waals surface area contributed by atoms with Gasteiger partial charge < -0.3 is 31.9 Å². The lowest BCUT2D eigenvalue weighted by atomic mass is 9.84. The Morgan fingerprint density at radius 1 is 1.11 bits per heavy atom. The molecule has 0 aromatic heterocycles. The van der Waals surface area contributed by atoms with Crippen LogP contribution in [0.2, 0.25) is 0 Å². The third kappa shape index (κ3) is 5.65. The molecule has 0 radical (unpaired) electrons. The molecule has 0 saturated carbocycles. The molecule has 0 unspecified atom stereocenters. The van der Waals surface area contributed by atoms with Crippen molar-refractivity contribution in [3.05, 3.63) is 0 Å². The summed E-state index contributed by atoms with van der Waals surface area (Å²) in [5.41, 5.74) is 10.1. The van der Waals surface area contributed by atoms with Gasteiger partial charge in [0.2, 0.25) is 17.7 Å². The minimum atomic E-state index is -1.05. The van der Waals surface area contributed by atoms with E-state index in [4.69, 9.17) is 11.5 Å². The van der Waals surface area contributed by atoms with Crippen LogP contribution in [0.15, 0.2) is 0 Å². The molecular weight excluding hydrogens is 360 g/mol. The number of hydrogen-bond donors (Lipinski definition) is 4. The number of likely N-dealkylation sites (tertiary alicyclic amines) is 2. The highest BCUT2D eigenvalue weighted by atomic mass is 16.2. The lowest BCUT2D eigenvalue weighted by Gasteiger charge is -2.45. The lowest BCUT2D eigenvalue weighted by molar-refractivity contribution is -0.137. The highest BCUT2D eigenvalue weighted by molar-refractivity contribution is 5.94. The number of hydrogen-bond acceptors (Lipinski definition) is 6. The molecular formula is C19H36N6O3. The zero-order valence-corrected chi connectivity index (χ0v) is 17.4. The van der Waals surface area contributed by atoms with Gasteiger partial charge in [-0.1, -0.05) is 13.8 Å². The molecule has 3 amide bonds. The minimum Gasteiger partial charge on any atom is -0.368 e. The number of primary amides is 1. The average molecular weight is 397 g/mol. The lowest BCUT2D eigenvalue weighted by Crippen LogP contribution is -2.66. The van der Waals surface area contributed by atoms with Gasteiger partial charge in [-0.2, -0.15) is 0 Å². The molecule has 2 saturated heterocycles. The van der Waals surface area contributed by atoms with Gasteiger partial charge in [-0.25, -0.2) is 0 Å². The molecule has 6 N–H and O–H groups in total. The highest BCUT2D eigenvalue weighted by Gasteiger charge is 2.44. The molecule has 0 aromatic carbocycles. The Kier molecular flexibility index (Phi) is 7.79. The maximum atomic E-state index is 12.9. The Morgan fingerprint density at radius 2 is 1.68 bits per heavy atom. The number of carbonyl (C=O) groups excluding carboxylic acids is 3. The molecule has 0 bridgehead atoms. The molecule has 0 aliphatic carbocycles. The van der Waals surface area contributed by atoms with E-state index in [0.29, 0.717) is 18.9 Å². The number of amides is 3. The Balaban J connectivity index is 2.06. The molecule has 9 nitrogen and oxygen atoms in total. The highest BCUT2D eigenvalue weighted by Crippen LogP contribution is 2.27. The quantitative estimate of drug-likeness (QED) is 0.419. The Labute approximate surface area is 167 Å². The number of piperidine rings is 2. The van der Waals surface area contributed by atoms with Crippen molar-refractivity contribution in [3.8, 4) is 0 Å². The fraction of sp³-hybridized carbons (Fsp3) is 0.842. The third-order valence-electron chi connectivity index (χ3n) is 6.10. The number of carbonyl (C=O) groups is 3. The van der Waals surface area contributed by atoms with Gasteiger partial charge in [0, 0.05) is 19.1 Å². The summed E-state index contributed by atoms with van der Waals surface area (Å²) < 4.78 is 0. The van der Waals surface area contributed by atoms with Crippen molar-refractivity contribution in [3.63, 3.8) is 0 Å². The molecule has 160 valence electrons. The number of nitrogens with two attached hydrogens (primary N) is 2. The van der Waals surface area contributed by atoms with E-state index in [-0.39, 0.29) is 24.3 Å². The molecule has 2 aliphatic rings. The zero-order valence-electron chi connectivity index (χ0n) is 17.4. The van der Waals surface area contributed by atoms with Crippen molar-refractivity contribution in [1.29, 1.82) is 0 Å². The summed E-state index contributed by atoms with van der Waals surface area (Å²) in [6, 6.07) is -0.177. The summed E-state index contributed by atoms with van der Waals surface area (Å²) in [6.07, 6.45) is 3.20. The van der Waals surface area contributed by atoms with Gasteiger partial charge in [-0.3, -0.25) is 14.4 Å². The second-order valence-corrected chi connectivity index (χ2v) is 8.56. The predicted molar refractivity (Wildman–Crippen MR) is 107 cm³/mol. The second kappa shape index (κ2) is 9.67. The van der Waals surface area contributed by atoms with Gasteiger partial charge in [-0.05, 0) is 51.7 Å². The number of nitrogens with zero attached hydrogens (tertiary/aromatic N) is 2. The van der Waals surface area contributed by atoms with Crippen LogP contribution in [0.1, 0.15) is 39.5 Å². The SMILES string of the molecule is CC(C)[C@H](N)C(=O)NC1(C(=O)NCC(N)=O)CCN(C2CCN(C)CC2)CC1. The smallest absolute Gasteiger partial charge is 0.246 e. The summed E-state index contributed by atoms with van der Waals surface area (Å²) in [5.74, 6) is -1.35. The maximum absolute atomic E-state index is 12.9. The minimum absolute atomic E-state index is 0.0370. The molecule has 0 aromatic rings. The summed E-state index contributed by atoms with van der Waals surface area (Å²) in [5, 5.41) is 5.48. The van der Waals surface area contributed by atoms with E-state index in [1.165, 1.54) is 0 Å². The molecule has 1 atom stereocenters. The van der Waals surface area contributed by atoms with Gasteiger partial charge >= 0.3 is 0 Å². The molecule has 2 aliphatic heterocycles. The van der Waals surface area contributed by atoms with Crippen LogP contribution in [-0.4, -0.2) is 84.9 Å². The molecule has 28 heavy (non-hydrogen) atoms. The van der Waals surface area contributed by atoms with Gasteiger partial charge in [0.1, 0.15) is 5.54 Å². The Hall–Kier alpha value is -1.71. The van der Waals surface area contributed by atoms with E-state index in [0.717, 1.165) is 39.0 Å². The van der Waals surface area contributed by atoms with E-state index in [1.54, 1.807) is 0 Å². The first kappa shape index (κ1) is 22.6. The summed E-state index contributed by atoms with van der Waals surface area (Å²) in [6.45, 7) is 7.08. The first-order valence-corrected chi connectivity index (χ1v) is 10.2. The van der Waals surface area contributed by atoms with Crippen LogP contribution in [0.3, 0.4) is 0 Å². The normalized spacial score (nSPS) is 22.6. The van der Waals surface area contributed by atoms with Crippen LogP contribution < -0.4 is 22.1 Å². The fourth-order valence-corrected chi connectivity index (χ4v) is 4.00. The van der Waals surface area contributed by atoms with Gasteiger partial charge in [0.25, 0.3) is 0 Å². The zero-order chi connectivity index (χ0) is 20.9. The van der Waals surface area contributed by atoms with Crippen LogP contribution in [0.25, 0.3) is 0 Å². The largest absolute Gasteiger partial charge is 0.368 e. The van der Waals surface area contributed by atoms with Crippen molar-refractivity contribution in [2.24, 2.45) is 17.4 Å². The summed E-state index contributed by atoms with van der Waals surface area (Å²) in [4.78, 5) is 41.3. The fourth-order valence-electron chi connectivity index (χ4n) is 4.00. The maximum Gasteiger partial charge on any atom is 0.246 e. The first-order valence-electron chi connectivity index (χ1n) is 10.2. The van der Waals surface area contributed by atoms with Gasteiger partial charge in [0.15, 0.2) is 0 Å². The van der Waals surface area contributed by atoms with E-state index in [9.17, 15) is 14.4 Å². The van der Waals surface area contributed by atoms with Gasteiger partial charge in [0.05, 0.1) is 12.6 Å². The van der Waals surface area contributed by atoms with Crippen LogP contribution in [0, 0.1) is 5.92 Å². The van der Waals surface area contributed by atoms with E-state index in [1.807, 2.05) is 13.8 Å². The van der Waals surface area contributed by atoms with E-state index in [2.05, 4.69) is 27.5 Å². The summed E-state index contributed by atoms with van der Waals surface area (Å²) in [7, 11) is 2.13. The molecule has 2 rings (SSSR count). The molecule has 2 fully saturated rings. The standard InChI is InChI=1S/C19H36N6O3/c1-13(2)16(21)17(27)23-19(18(28)22-12-15(20)26)6-10-25(11-7-19)14-4-8-24(3)9-5-14/h13-14,16H,4-12,21H2,1-3H3,(H2,20,26)(H,22,28)(H,23,27)/t16-/m0/s1. The van der Waals surface area contributed by atoms with Crippen molar-refractivity contribution in [2.45, 2.75) is 57.2 Å². The van der Waals surface area contributed by atoms with Crippen LogP contribution in [0.5, 0.6) is 0 Å². The van der Waals surface area contributed by atoms with Gasteiger partial charge in [-0.15, -0.1) is 0 Å². The number of rotatable bonds is 7. The number of nitrogens with one attached hydrogen (secondary N) is 2. The van der Waals surface area contributed by atoms with Crippen molar-refractivity contribution in [1.82, 2.24) is 20.4 Å². The van der Waals surface area contributed by atoms with Crippen LogP contribution in [0.4, 0.5) is 0 Å². The second-order valence-electron chi connectivity index (χ2n) is 8.56.